The van der Waals surface area contributed by atoms with Crippen LogP contribution in [0.15, 0.2) is 51.7 Å². The summed E-state index contributed by atoms with van der Waals surface area (Å²) in [4.78, 5) is 28.3. The van der Waals surface area contributed by atoms with Crippen LogP contribution in [0, 0.1) is 6.92 Å². The monoisotopic (exact) mass is 407 g/mol. The van der Waals surface area contributed by atoms with Crippen molar-refractivity contribution in [1.29, 1.82) is 0 Å². The third kappa shape index (κ3) is 3.48. The lowest BCUT2D eigenvalue weighted by atomic mass is 9.98. The lowest BCUT2D eigenvalue weighted by Crippen LogP contribution is -2.32. The van der Waals surface area contributed by atoms with Gasteiger partial charge in [-0.2, -0.15) is 0 Å². The quantitative estimate of drug-likeness (QED) is 0.590. The first-order valence-electron chi connectivity index (χ1n) is 10.1. The maximum Gasteiger partial charge on any atom is 0.290 e. The predicted octanol–water partition coefficient (Wildman–Crippen LogP) is 4.08. The summed E-state index contributed by atoms with van der Waals surface area (Å²) in [7, 11) is 1.59. The molecular formula is C24H25NO5. The van der Waals surface area contributed by atoms with Gasteiger partial charge in [-0.1, -0.05) is 30.7 Å². The number of carbonyl (C=O) groups excluding carboxylic acids is 1. The van der Waals surface area contributed by atoms with Crippen molar-refractivity contribution in [2.45, 2.75) is 26.3 Å². The molecule has 2 heterocycles. The van der Waals surface area contributed by atoms with E-state index in [1.165, 1.54) is 0 Å². The van der Waals surface area contributed by atoms with Crippen molar-refractivity contribution in [3.8, 4) is 5.75 Å². The van der Waals surface area contributed by atoms with E-state index in [2.05, 4.69) is 6.92 Å². The number of benzene rings is 2. The molecule has 30 heavy (non-hydrogen) atoms. The van der Waals surface area contributed by atoms with E-state index >= 15 is 0 Å². The van der Waals surface area contributed by atoms with E-state index in [-0.39, 0.29) is 17.1 Å². The maximum atomic E-state index is 13.4. The van der Waals surface area contributed by atoms with Gasteiger partial charge in [0.05, 0.1) is 30.2 Å². The zero-order chi connectivity index (χ0) is 21.3. The van der Waals surface area contributed by atoms with Crippen LogP contribution in [0.4, 0.5) is 0 Å². The SMILES string of the molecule is CCCOc1ccc([C@H]2c3c(oc4ccc(C)cc4c3=O)C(=O)N2CCOC)cc1. The van der Waals surface area contributed by atoms with Gasteiger partial charge >= 0.3 is 0 Å². The fourth-order valence-corrected chi connectivity index (χ4v) is 3.87. The summed E-state index contributed by atoms with van der Waals surface area (Å²) in [5.41, 5.74) is 2.44. The number of methoxy groups -OCH3 is 1. The van der Waals surface area contributed by atoms with Crippen LogP contribution in [0.3, 0.4) is 0 Å². The van der Waals surface area contributed by atoms with Crippen molar-refractivity contribution >= 4 is 16.9 Å². The number of fused-ring (bicyclic) bond motifs is 2. The van der Waals surface area contributed by atoms with Gasteiger partial charge in [0, 0.05) is 13.7 Å². The molecule has 2 aromatic carbocycles. The number of amides is 1. The van der Waals surface area contributed by atoms with Crippen LogP contribution < -0.4 is 10.2 Å². The molecule has 0 bridgehead atoms. The average molecular weight is 407 g/mol. The number of carbonyl (C=O) groups is 1. The van der Waals surface area contributed by atoms with Crippen molar-refractivity contribution in [3.63, 3.8) is 0 Å². The molecule has 0 N–H and O–H groups in total. The van der Waals surface area contributed by atoms with Gasteiger partial charge in [0.2, 0.25) is 5.76 Å². The molecule has 0 radical (unpaired) electrons. The second-order valence-corrected chi connectivity index (χ2v) is 7.48. The van der Waals surface area contributed by atoms with E-state index in [0.717, 1.165) is 23.3 Å². The molecule has 1 aliphatic heterocycles. The van der Waals surface area contributed by atoms with Crippen LogP contribution in [0.2, 0.25) is 0 Å². The Kier molecular flexibility index (Phi) is 5.59. The van der Waals surface area contributed by atoms with Crippen LogP contribution in [0.1, 0.15) is 46.6 Å². The molecule has 156 valence electrons. The molecule has 1 aromatic heterocycles. The van der Waals surface area contributed by atoms with Gasteiger partial charge in [0.1, 0.15) is 11.3 Å². The highest BCUT2D eigenvalue weighted by Gasteiger charge is 2.42. The van der Waals surface area contributed by atoms with Gasteiger partial charge in [0.25, 0.3) is 5.91 Å². The number of rotatable bonds is 7. The minimum atomic E-state index is -0.524. The van der Waals surface area contributed by atoms with Crippen molar-refractivity contribution < 1.29 is 18.7 Å². The van der Waals surface area contributed by atoms with E-state index in [0.29, 0.717) is 36.3 Å². The average Bonchev–Trinajstić information content (AvgIpc) is 3.03. The summed E-state index contributed by atoms with van der Waals surface area (Å²) < 4.78 is 16.8. The highest BCUT2D eigenvalue weighted by atomic mass is 16.5. The van der Waals surface area contributed by atoms with Crippen LogP contribution >= 0.6 is 0 Å². The Morgan fingerprint density at radius 3 is 2.53 bits per heavy atom. The molecule has 1 atom stereocenters. The smallest absolute Gasteiger partial charge is 0.290 e. The Morgan fingerprint density at radius 2 is 1.83 bits per heavy atom. The molecule has 6 nitrogen and oxygen atoms in total. The Bertz CT molecular complexity index is 1130. The molecule has 0 unspecified atom stereocenters. The van der Waals surface area contributed by atoms with Gasteiger partial charge in [-0.3, -0.25) is 9.59 Å². The molecule has 0 aliphatic carbocycles. The highest BCUT2D eigenvalue weighted by Crippen LogP contribution is 2.38. The number of hydrogen-bond donors (Lipinski definition) is 0. The molecule has 0 fully saturated rings. The Labute approximate surface area is 175 Å². The molecule has 6 heteroatoms. The van der Waals surface area contributed by atoms with Crippen LogP contribution in [0.25, 0.3) is 11.0 Å². The van der Waals surface area contributed by atoms with E-state index in [1.54, 1.807) is 18.1 Å². The second kappa shape index (κ2) is 8.32. The Balaban J connectivity index is 1.85. The third-order valence-corrected chi connectivity index (χ3v) is 5.33. The van der Waals surface area contributed by atoms with Gasteiger partial charge in [-0.25, -0.2) is 0 Å². The van der Waals surface area contributed by atoms with Crippen molar-refractivity contribution in [2.75, 3.05) is 26.9 Å². The molecule has 0 saturated carbocycles. The summed E-state index contributed by atoms with van der Waals surface area (Å²) in [6, 6.07) is 12.4. The molecule has 0 spiro atoms. The largest absolute Gasteiger partial charge is 0.494 e. The van der Waals surface area contributed by atoms with Gasteiger partial charge in [0.15, 0.2) is 5.43 Å². The summed E-state index contributed by atoms with van der Waals surface area (Å²) in [6.07, 6.45) is 0.921. The van der Waals surface area contributed by atoms with Gasteiger partial charge < -0.3 is 18.8 Å². The summed E-state index contributed by atoms with van der Waals surface area (Å²) in [5, 5.41) is 0.489. The molecule has 4 rings (SSSR count). The van der Waals surface area contributed by atoms with Crippen molar-refractivity contribution in [2.24, 2.45) is 0 Å². The van der Waals surface area contributed by atoms with Crippen molar-refractivity contribution in [3.05, 3.63) is 75.1 Å². The Hall–Kier alpha value is -3.12. The molecule has 1 aliphatic rings. The summed E-state index contributed by atoms with van der Waals surface area (Å²) >= 11 is 0. The lowest BCUT2D eigenvalue weighted by Gasteiger charge is -2.25. The Morgan fingerprint density at radius 1 is 1.07 bits per heavy atom. The van der Waals surface area contributed by atoms with Gasteiger partial charge in [-0.05, 0) is 43.2 Å². The predicted molar refractivity (Wildman–Crippen MR) is 114 cm³/mol. The number of aryl methyl sites for hydroxylation is 1. The molecule has 0 saturated heterocycles. The third-order valence-electron chi connectivity index (χ3n) is 5.33. The summed E-state index contributed by atoms with van der Waals surface area (Å²) in [6.45, 7) is 5.33. The topological polar surface area (TPSA) is 69.0 Å². The number of nitrogens with zero attached hydrogens (tertiary/aromatic N) is 1. The fourth-order valence-electron chi connectivity index (χ4n) is 3.87. The van der Waals surface area contributed by atoms with E-state index < -0.39 is 6.04 Å². The first-order chi connectivity index (χ1) is 14.5. The standard InChI is InChI=1S/C24H25NO5/c1-4-12-29-17-8-6-16(7-9-17)21-20-22(26)18-14-15(2)5-10-19(18)30-23(20)24(27)25(21)11-13-28-3/h5-10,14,21H,4,11-13H2,1-3H3/t21-/m0/s1. The highest BCUT2D eigenvalue weighted by molar-refractivity contribution is 5.99. The summed E-state index contributed by atoms with van der Waals surface area (Å²) in [5.74, 6) is 0.580. The second-order valence-electron chi connectivity index (χ2n) is 7.48. The van der Waals surface area contributed by atoms with Crippen LogP contribution in [0.5, 0.6) is 5.75 Å². The number of ether oxygens (including phenoxy) is 2. The molecule has 1 amide bonds. The normalized spacial score (nSPS) is 15.6. The fraction of sp³-hybridized carbons (Fsp3) is 0.333. The maximum absolute atomic E-state index is 13.4. The first-order valence-corrected chi connectivity index (χ1v) is 10.1. The minimum absolute atomic E-state index is 0.115. The molecule has 3 aromatic rings. The van der Waals surface area contributed by atoms with E-state index in [1.807, 2.05) is 43.3 Å². The zero-order valence-corrected chi connectivity index (χ0v) is 17.4. The van der Waals surface area contributed by atoms with Crippen LogP contribution in [-0.4, -0.2) is 37.7 Å². The van der Waals surface area contributed by atoms with Crippen LogP contribution in [-0.2, 0) is 4.74 Å². The zero-order valence-electron chi connectivity index (χ0n) is 17.4. The van der Waals surface area contributed by atoms with E-state index in [4.69, 9.17) is 13.9 Å². The molecular weight excluding hydrogens is 382 g/mol. The first kappa shape index (κ1) is 20.2. The number of hydrogen-bond acceptors (Lipinski definition) is 5. The lowest BCUT2D eigenvalue weighted by molar-refractivity contribution is 0.0663. The van der Waals surface area contributed by atoms with Gasteiger partial charge in [-0.15, -0.1) is 0 Å². The van der Waals surface area contributed by atoms with E-state index in [9.17, 15) is 9.59 Å². The minimum Gasteiger partial charge on any atom is -0.494 e. The van der Waals surface area contributed by atoms with Crippen molar-refractivity contribution in [1.82, 2.24) is 4.90 Å².